The number of ether oxygens (including phenoxy) is 3. The number of aromatic amines is 1. The highest BCUT2D eigenvalue weighted by molar-refractivity contribution is 5.97. The minimum Gasteiger partial charge on any atom is -0.387 e. The number of H-pyrrole nitrogens is 1. The molecule has 0 radical (unpaired) electrons. The fraction of sp³-hybridized carbons (Fsp3) is 0.625. The molecule has 4 heterocycles. The number of hydrogen-bond donors (Lipinski definition) is 2. The lowest BCUT2D eigenvalue weighted by atomic mass is 9.50. The van der Waals surface area contributed by atoms with Crippen LogP contribution in [0.5, 0.6) is 0 Å². The molecule has 2 N–H and O–H groups in total. The Morgan fingerprint density at radius 1 is 1.12 bits per heavy atom. The van der Waals surface area contributed by atoms with Crippen molar-refractivity contribution < 1.29 is 28.9 Å². The van der Waals surface area contributed by atoms with Crippen LogP contribution >= 0.6 is 0 Å². The van der Waals surface area contributed by atoms with Gasteiger partial charge in [0.25, 0.3) is 0 Å². The smallest absolute Gasteiger partial charge is 0.248 e. The number of carbonyl (C=O) groups is 2. The maximum absolute atomic E-state index is 13.0. The van der Waals surface area contributed by atoms with Gasteiger partial charge in [0.1, 0.15) is 12.2 Å². The first-order chi connectivity index (χ1) is 19.2. The summed E-state index contributed by atoms with van der Waals surface area (Å²) in [5.41, 5.74) is 4.95. The molecule has 6 unspecified atom stereocenters. The highest BCUT2D eigenvalue weighted by Crippen LogP contribution is 2.68. The second kappa shape index (κ2) is 9.24. The fourth-order valence-corrected chi connectivity index (χ4v) is 8.89. The summed E-state index contributed by atoms with van der Waals surface area (Å²) >= 11 is 0. The van der Waals surface area contributed by atoms with Crippen LogP contribution < -0.4 is 0 Å². The molecule has 214 valence electrons. The van der Waals surface area contributed by atoms with E-state index in [1.165, 1.54) is 35.0 Å². The average molecular weight is 549 g/mol. The molecular formula is C32H40N2O6. The molecule has 6 aliphatic rings. The number of morpholine rings is 1. The van der Waals surface area contributed by atoms with Crippen LogP contribution in [-0.4, -0.2) is 77.1 Å². The third-order valence-corrected chi connectivity index (χ3v) is 10.7. The number of nitrogens with zero attached hydrogens (tertiary/aromatic N) is 1. The van der Waals surface area contributed by atoms with Crippen molar-refractivity contribution in [2.24, 2.45) is 17.3 Å². The van der Waals surface area contributed by atoms with E-state index in [0.717, 1.165) is 24.8 Å². The van der Waals surface area contributed by atoms with Gasteiger partial charge in [-0.15, -0.1) is 0 Å². The largest absolute Gasteiger partial charge is 0.387 e. The summed E-state index contributed by atoms with van der Waals surface area (Å²) in [5, 5.41) is 9.85. The maximum Gasteiger partial charge on any atom is 0.248 e. The topological polar surface area (TPSA) is 101 Å². The van der Waals surface area contributed by atoms with E-state index in [2.05, 4.69) is 36.2 Å². The zero-order valence-electron chi connectivity index (χ0n) is 23.7. The standard InChI is InChI=1S/C26H29NO3.C6H11NO3/c1-24(2)23-20(28)13-18-17-9-8-14-12-16-15-6-4-5-7-19(15)27-22(16)21(14)25(17,3)10-11-26(18,29-23)30-24;8-5-6(9)7-1-3-10-4-2-7/h4-7,13-14,17,21,23,27H,8-12H2,1-3H3;8H,1-5H2. The van der Waals surface area contributed by atoms with Crippen molar-refractivity contribution in [1.82, 2.24) is 9.88 Å². The molecule has 1 amide bonds. The molecule has 40 heavy (non-hydrogen) atoms. The molecule has 8 rings (SSSR count). The lowest BCUT2D eigenvalue weighted by molar-refractivity contribution is -0.199. The predicted molar refractivity (Wildman–Crippen MR) is 149 cm³/mol. The number of aliphatic hydroxyl groups is 1. The van der Waals surface area contributed by atoms with Crippen molar-refractivity contribution in [2.75, 3.05) is 32.9 Å². The van der Waals surface area contributed by atoms with E-state index in [1.54, 1.807) is 4.90 Å². The Labute approximate surface area is 235 Å². The van der Waals surface area contributed by atoms with Crippen LogP contribution in [0.15, 0.2) is 35.9 Å². The first-order valence-corrected chi connectivity index (χ1v) is 14.9. The van der Waals surface area contributed by atoms with Gasteiger partial charge >= 0.3 is 0 Å². The summed E-state index contributed by atoms with van der Waals surface area (Å²) in [4.78, 5) is 29.2. The molecular weight excluding hydrogens is 508 g/mol. The summed E-state index contributed by atoms with van der Waals surface area (Å²) in [6.07, 6.45) is 6.88. The molecule has 2 aromatic rings. The Hall–Kier alpha value is -2.52. The average Bonchev–Trinajstić information content (AvgIpc) is 3.57. The molecule has 3 aliphatic heterocycles. The van der Waals surface area contributed by atoms with Gasteiger partial charge in [-0.2, -0.15) is 0 Å². The quantitative estimate of drug-likeness (QED) is 0.561. The van der Waals surface area contributed by atoms with E-state index < -0.39 is 17.5 Å². The third-order valence-electron chi connectivity index (χ3n) is 10.7. The van der Waals surface area contributed by atoms with E-state index in [0.29, 0.717) is 44.1 Å². The van der Waals surface area contributed by atoms with Gasteiger partial charge in [0.05, 0.1) is 13.2 Å². The first kappa shape index (κ1) is 26.4. The van der Waals surface area contributed by atoms with Crippen molar-refractivity contribution in [3.05, 3.63) is 47.2 Å². The number of benzene rings is 1. The third kappa shape index (κ3) is 3.79. The Balaban J connectivity index is 0.000000226. The second-order valence-corrected chi connectivity index (χ2v) is 13.3. The number of aromatic nitrogens is 1. The minimum atomic E-state index is -0.680. The SMILES string of the molecule is CC1(C)OC23CCC4(C)C(CCC5Cc6c([nH]c7ccccc67)C54)C2=CC(=O)C1O3.O=C(CO)N1CCOCC1. The molecule has 2 saturated heterocycles. The molecule has 1 aromatic carbocycles. The van der Waals surface area contributed by atoms with Crippen LogP contribution in [0.3, 0.4) is 0 Å². The normalized spacial score (nSPS) is 37.0. The Morgan fingerprint density at radius 2 is 1.90 bits per heavy atom. The van der Waals surface area contributed by atoms with Gasteiger partial charge in [0.2, 0.25) is 5.91 Å². The van der Waals surface area contributed by atoms with E-state index in [-0.39, 0.29) is 23.7 Å². The molecule has 1 spiro atoms. The van der Waals surface area contributed by atoms with Crippen molar-refractivity contribution >= 4 is 22.6 Å². The van der Waals surface area contributed by atoms with E-state index in [4.69, 9.17) is 19.3 Å². The van der Waals surface area contributed by atoms with Crippen LogP contribution in [0.4, 0.5) is 0 Å². The van der Waals surface area contributed by atoms with Gasteiger partial charge in [0.15, 0.2) is 17.7 Å². The molecule has 1 aromatic heterocycles. The first-order valence-electron chi connectivity index (χ1n) is 14.9. The number of ketones is 1. The molecule has 6 atom stereocenters. The van der Waals surface area contributed by atoms with Gasteiger partial charge in [-0.1, -0.05) is 25.1 Å². The molecule has 8 nitrogen and oxygen atoms in total. The monoisotopic (exact) mass is 548 g/mol. The summed E-state index contributed by atoms with van der Waals surface area (Å²) < 4.78 is 17.9. The summed E-state index contributed by atoms with van der Waals surface area (Å²) in [7, 11) is 0. The molecule has 2 saturated carbocycles. The number of aliphatic hydroxyl groups excluding tert-OH is 1. The van der Waals surface area contributed by atoms with E-state index in [9.17, 15) is 9.59 Å². The summed E-state index contributed by atoms with van der Waals surface area (Å²) in [6, 6.07) is 8.74. The predicted octanol–water partition coefficient (Wildman–Crippen LogP) is 3.87. The van der Waals surface area contributed by atoms with E-state index >= 15 is 0 Å². The van der Waals surface area contributed by atoms with Gasteiger partial charge in [-0.3, -0.25) is 9.59 Å². The molecule has 2 bridgehead atoms. The van der Waals surface area contributed by atoms with Gasteiger partial charge < -0.3 is 29.2 Å². The number of rotatable bonds is 1. The minimum absolute atomic E-state index is 0.0900. The van der Waals surface area contributed by atoms with Crippen molar-refractivity contribution in [3.63, 3.8) is 0 Å². The molecule has 3 aliphatic carbocycles. The van der Waals surface area contributed by atoms with Crippen molar-refractivity contribution in [3.8, 4) is 0 Å². The number of amides is 1. The lowest BCUT2D eigenvalue weighted by Gasteiger charge is -2.57. The number of para-hydroxylation sites is 1. The molecule has 8 heteroatoms. The van der Waals surface area contributed by atoms with Crippen LogP contribution in [0.1, 0.15) is 63.6 Å². The number of fused-ring (bicyclic) bond motifs is 9. The van der Waals surface area contributed by atoms with E-state index in [1.807, 2.05) is 19.9 Å². The van der Waals surface area contributed by atoms with Crippen molar-refractivity contribution in [2.45, 2.75) is 76.3 Å². The van der Waals surface area contributed by atoms with Crippen molar-refractivity contribution in [1.29, 1.82) is 0 Å². The van der Waals surface area contributed by atoms with Gasteiger partial charge in [0, 0.05) is 42.0 Å². The molecule has 4 fully saturated rings. The summed E-state index contributed by atoms with van der Waals surface area (Å²) in [5.74, 6) is 0.750. The van der Waals surface area contributed by atoms with Crippen LogP contribution in [-0.2, 0) is 30.2 Å². The number of carbonyl (C=O) groups excluding carboxylic acids is 2. The Kier molecular flexibility index (Phi) is 6.10. The number of nitrogens with one attached hydrogen (secondary N) is 1. The fourth-order valence-electron chi connectivity index (χ4n) is 8.89. The van der Waals surface area contributed by atoms with Crippen LogP contribution in [0.2, 0.25) is 0 Å². The number of hydrogen-bond acceptors (Lipinski definition) is 6. The maximum atomic E-state index is 13.0. The Bertz CT molecular complexity index is 1390. The van der Waals surface area contributed by atoms with Gasteiger partial charge in [-0.25, -0.2) is 0 Å². The highest BCUT2D eigenvalue weighted by Gasteiger charge is 2.66. The van der Waals surface area contributed by atoms with Crippen LogP contribution in [0, 0.1) is 17.3 Å². The Morgan fingerprint density at radius 3 is 2.67 bits per heavy atom. The zero-order chi connectivity index (χ0) is 27.9. The zero-order valence-corrected chi connectivity index (χ0v) is 23.7. The lowest BCUT2D eigenvalue weighted by Crippen LogP contribution is -2.54. The van der Waals surface area contributed by atoms with Gasteiger partial charge in [-0.05, 0) is 80.1 Å². The second-order valence-electron chi connectivity index (χ2n) is 13.3. The van der Waals surface area contributed by atoms with Crippen LogP contribution in [0.25, 0.3) is 10.9 Å². The summed E-state index contributed by atoms with van der Waals surface area (Å²) in [6.45, 7) is 8.48. The highest BCUT2D eigenvalue weighted by atomic mass is 16.8.